The fourth-order valence-corrected chi connectivity index (χ4v) is 4.44. The van der Waals surface area contributed by atoms with Gasteiger partial charge >= 0.3 is 0 Å². The molecule has 3 nitrogen and oxygen atoms in total. The van der Waals surface area contributed by atoms with Gasteiger partial charge in [-0.25, -0.2) is 0 Å². The van der Waals surface area contributed by atoms with Crippen LogP contribution in [0.15, 0.2) is 23.7 Å². The molecule has 3 rings (SSSR count). The molecule has 0 bridgehead atoms. The summed E-state index contributed by atoms with van der Waals surface area (Å²) >= 11 is 9.45. The third-order valence-electron chi connectivity index (χ3n) is 2.96. The summed E-state index contributed by atoms with van der Waals surface area (Å²) in [5.41, 5.74) is 0.692. The summed E-state index contributed by atoms with van der Waals surface area (Å²) in [6.07, 6.45) is 1.86. The molecule has 1 N–H and O–H groups in total. The number of nitrogens with zero attached hydrogens (tertiary/aromatic N) is 2. The Morgan fingerprint density at radius 1 is 1.47 bits per heavy atom. The van der Waals surface area contributed by atoms with Gasteiger partial charge in [0.25, 0.3) is 0 Å². The van der Waals surface area contributed by atoms with E-state index >= 15 is 0 Å². The van der Waals surface area contributed by atoms with Crippen LogP contribution in [0.4, 0.5) is 0 Å². The number of aliphatic hydroxyl groups is 1. The average molecular weight is 313 g/mol. The summed E-state index contributed by atoms with van der Waals surface area (Å²) in [6, 6.07) is 4.11. The van der Waals surface area contributed by atoms with Crippen molar-refractivity contribution in [2.75, 3.05) is 0 Å². The molecule has 0 aliphatic rings. The molecule has 100 valence electrons. The summed E-state index contributed by atoms with van der Waals surface area (Å²) in [5, 5.41) is 17.4. The van der Waals surface area contributed by atoms with E-state index in [9.17, 15) is 5.11 Å². The second-order valence-electron chi connectivity index (χ2n) is 4.30. The summed E-state index contributed by atoms with van der Waals surface area (Å²) < 4.78 is 4.20. The molecule has 3 heterocycles. The molecular weight excluding hydrogens is 300 g/mol. The van der Waals surface area contributed by atoms with Crippen molar-refractivity contribution >= 4 is 43.7 Å². The molecule has 3 aromatic rings. The highest BCUT2D eigenvalue weighted by atomic mass is 35.5. The van der Waals surface area contributed by atoms with Crippen molar-refractivity contribution in [3.8, 4) is 0 Å². The number of aliphatic hydroxyl groups excluding tert-OH is 1. The minimum Gasteiger partial charge on any atom is -0.381 e. The normalized spacial score (nSPS) is 13.2. The molecule has 3 aromatic heterocycles. The number of aryl methyl sites for hydroxylation is 1. The third-order valence-corrected chi connectivity index (χ3v) is 5.39. The van der Waals surface area contributed by atoms with Gasteiger partial charge in [0.1, 0.15) is 6.10 Å². The lowest BCUT2D eigenvalue weighted by molar-refractivity contribution is 0.211. The predicted octanol–water partition coefficient (Wildman–Crippen LogP) is 4.30. The third kappa shape index (κ3) is 2.31. The molecule has 0 saturated carbocycles. The molecule has 0 fully saturated rings. The van der Waals surface area contributed by atoms with Gasteiger partial charge in [-0.05, 0) is 23.9 Å². The second-order valence-corrected chi connectivity index (χ2v) is 6.77. The molecule has 0 amide bonds. The van der Waals surface area contributed by atoms with Gasteiger partial charge in [-0.15, -0.1) is 22.7 Å². The van der Waals surface area contributed by atoms with Crippen molar-refractivity contribution in [1.29, 1.82) is 0 Å². The minimum atomic E-state index is -0.703. The van der Waals surface area contributed by atoms with Crippen LogP contribution in [0.25, 0.3) is 9.40 Å². The molecule has 0 aliphatic carbocycles. The molecule has 0 saturated heterocycles. The van der Waals surface area contributed by atoms with Crippen molar-refractivity contribution in [2.24, 2.45) is 0 Å². The number of fused-ring (bicyclic) bond motifs is 1. The number of hydrogen-bond donors (Lipinski definition) is 1. The van der Waals surface area contributed by atoms with E-state index in [1.165, 1.54) is 9.40 Å². The van der Waals surface area contributed by atoms with Gasteiger partial charge < -0.3 is 5.11 Å². The maximum Gasteiger partial charge on any atom is 0.131 e. The summed E-state index contributed by atoms with van der Waals surface area (Å²) in [4.78, 5) is 0.918. The Bertz CT molecular complexity index is 672. The van der Waals surface area contributed by atoms with E-state index in [1.54, 1.807) is 33.6 Å². The van der Waals surface area contributed by atoms with Crippen molar-refractivity contribution in [3.63, 3.8) is 0 Å². The summed E-state index contributed by atoms with van der Waals surface area (Å²) in [6.45, 7) is 2.84. The molecule has 0 aromatic carbocycles. The molecular formula is C13H13ClN2OS2. The van der Waals surface area contributed by atoms with Crippen molar-refractivity contribution in [2.45, 2.75) is 26.0 Å². The van der Waals surface area contributed by atoms with E-state index in [4.69, 9.17) is 11.6 Å². The monoisotopic (exact) mass is 312 g/mol. The zero-order valence-corrected chi connectivity index (χ0v) is 12.7. The fraction of sp³-hybridized carbons (Fsp3) is 0.308. The van der Waals surface area contributed by atoms with Crippen LogP contribution in [0.2, 0.25) is 5.02 Å². The lowest BCUT2D eigenvalue weighted by Gasteiger charge is -2.12. The Labute approximate surface area is 124 Å². The minimum absolute atomic E-state index is 0.526. The summed E-state index contributed by atoms with van der Waals surface area (Å²) in [5.74, 6) is 0. The first-order valence-corrected chi connectivity index (χ1v) is 8.14. The van der Waals surface area contributed by atoms with Gasteiger partial charge in [0.05, 0.1) is 16.9 Å². The number of thiophene rings is 2. The Kier molecular flexibility index (Phi) is 3.62. The molecule has 0 aliphatic heterocycles. The van der Waals surface area contributed by atoms with Gasteiger partial charge in [0, 0.05) is 20.8 Å². The Morgan fingerprint density at radius 2 is 2.32 bits per heavy atom. The quantitative estimate of drug-likeness (QED) is 0.779. The highest BCUT2D eigenvalue weighted by molar-refractivity contribution is 7.26. The molecule has 1 atom stereocenters. The smallest absolute Gasteiger partial charge is 0.131 e. The zero-order chi connectivity index (χ0) is 13.4. The molecule has 19 heavy (non-hydrogen) atoms. The molecule has 0 radical (unpaired) electrons. The van der Waals surface area contributed by atoms with E-state index in [0.29, 0.717) is 10.7 Å². The topological polar surface area (TPSA) is 38.0 Å². The van der Waals surface area contributed by atoms with E-state index in [-0.39, 0.29) is 0 Å². The van der Waals surface area contributed by atoms with Gasteiger partial charge in [-0.1, -0.05) is 18.5 Å². The standard InChI is InChI=1S/C13H13ClN2OS2/c1-2-4-16-12(8(14)7-15-16)13(17)11-6-10-9(19-11)3-5-18-10/h3,5-7,13,17H,2,4H2,1H3. The lowest BCUT2D eigenvalue weighted by atomic mass is 10.2. The van der Waals surface area contributed by atoms with Crippen LogP contribution in [0, 0.1) is 0 Å². The van der Waals surface area contributed by atoms with Crippen LogP contribution >= 0.6 is 34.3 Å². The fourth-order valence-electron chi connectivity index (χ4n) is 2.09. The molecule has 1 unspecified atom stereocenters. The Morgan fingerprint density at radius 3 is 3.05 bits per heavy atom. The van der Waals surface area contributed by atoms with Crippen LogP contribution in [0.3, 0.4) is 0 Å². The molecule has 0 spiro atoms. The first kappa shape index (κ1) is 13.1. The van der Waals surface area contributed by atoms with Gasteiger partial charge in [-0.3, -0.25) is 4.68 Å². The second kappa shape index (κ2) is 5.25. The first-order chi connectivity index (χ1) is 9.20. The van der Waals surface area contributed by atoms with Gasteiger partial charge in [-0.2, -0.15) is 5.10 Å². The average Bonchev–Trinajstić information content (AvgIpc) is 3.03. The van der Waals surface area contributed by atoms with E-state index in [2.05, 4.69) is 23.5 Å². The lowest BCUT2D eigenvalue weighted by Crippen LogP contribution is -2.09. The number of halogens is 1. The number of aromatic nitrogens is 2. The highest BCUT2D eigenvalue weighted by Gasteiger charge is 2.21. The van der Waals surface area contributed by atoms with E-state index in [0.717, 1.165) is 17.8 Å². The Hall–Kier alpha value is -0.880. The Balaban J connectivity index is 2.01. The van der Waals surface area contributed by atoms with Crippen molar-refractivity contribution in [1.82, 2.24) is 9.78 Å². The number of rotatable bonds is 4. The van der Waals surface area contributed by atoms with Gasteiger partial charge in [0.2, 0.25) is 0 Å². The number of hydrogen-bond acceptors (Lipinski definition) is 4. The van der Waals surface area contributed by atoms with Crippen LogP contribution in [-0.4, -0.2) is 14.9 Å². The van der Waals surface area contributed by atoms with Crippen LogP contribution in [0.5, 0.6) is 0 Å². The zero-order valence-electron chi connectivity index (χ0n) is 10.3. The maximum absolute atomic E-state index is 10.6. The SMILES string of the molecule is CCCn1ncc(Cl)c1C(O)c1cc2sccc2s1. The maximum atomic E-state index is 10.6. The largest absolute Gasteiger partial charge is 0.381 e. The predicted molar refractivity (Wildman–Crippen MR) is 81.3 cm³/mol. The van der Waals surface area contributed by atoms with Gasteiger partial charge in [0.15, 0.2) is 0 Å². The highest BCUT2D eigenvalue weighted by Crippen LogP contribution is 2.37. The van der Waals surface area contributed by atoms with E-state index in [1.807, 2.05) is 6.07 Å². The van der Waals surface area contributed by atoms with Crippen molar-refractivity contribution < 1.29 is 5.11 Å². The van der Waals surface area contributed by atoms with Crippen molar-refractivity contribution in [3.05, 3.63) is 39.3 Å². The first-order valence-electron chi connectivity index (χ1n) is 6.07. The summed E-state index contributed by atoms with van der Waals surface area (Å²) in [7, 11) is 0. The van der Waals surface area contributed by atoms with E-state index < -0.39 is 6.10 Å². The molecule has 6 heteroatoms. The van der Waals surface area contributed by atoms with Crippen LogP contribution in [-0.2, 0) is 6.54 Å². The van der Waals surface area contributed by atoms with Crippen LogP contribution < -0.4 is 0 Å². The van der Waals surface area contributed by atoms with Crippen LogP contribution in [0.1, 0.15) is 30.0 Å².